The summed E-state index contributed by atoms with van der Waals surface area (Å²) in [5.74, 6) is 2.43. The highest BCUT2D eigenvalue weighted by Gasteiger charge is 2.41. The van der Waals surface area contributed by atoms with E-state index in [4.69, 9.17) is 0 Å². The second kappa shape index (κ2) is 7.11. The highest BCUT2D eigenvalue weighted by molar-refractivity contribution is 5.32. The van der Waals surface area contributed by atoms with Crippen molar-refractivity contribution in [1.82, 2.24) is 0 Å². The van der Waals surface area contributed by atoms with E-state index < -0.39 is 0 Å². The predicted octanol–water partition coefficient (Wildman–Crippen LogP) is 5.81. The Bertz CT molecular complexity index is 482. The smallest absolute Gasteiger partial charge is 0.000879 e. The van der Waals surface area contributed by atoms with Crippen molar-refractivity contribution in [2.24, 2.45) is 17.8 Å². The quantitative estimate of drug-likeness (QED) is 0.576. The number of hydrogen-bond acceptors (Lipinski definition) is 0. The Labute approximate surface area is 130 Å². The average Bonchev–Trinajstić information content (AvgIpc) is 2.91. The maximum atomic E-state index is 3.86. The first-order chi connectivity index (χ1) is 10.4. The maximum absolute atomic E-state index is 3.86. The van der Waals surface area contributed by atoms with Gasteiger partial charge in [0.25, 0.3) is 0 Å². The van der Waals surface area contributed by atoms with Gasteiger partial charge in [-0.3, -0.25) is 0 Å². The summed E-state index contributed by atoms with van der Waals surface area (Å²) in [6, 6.07) is 11.0. The standard InChI is InChI=1S/C21H26/c1-2-3-4-8-15-20-19-14-10-9-13-18(19)16-21(20)17-11-6-5-7-12-17/h5-7,9-14,18-21H,2-4,8,15H2,1H3. The Morgan fingerprint density at radius 3 is 2.57 bits per heavy atom. The maximum Gasteiger partial charge on any atom is -0.000879 e. The minimum atomic E-state index is 0.509. The molecule has 1 aromatic rings. The van der Waals surface area contributed by atoms with Crippen LogP contribution in [0.25, 0.3) is 0 Å². The molecule has 0 aromatic heterocycles. The number of rotatable bonds is 6. The van der Waals surface area contributed by atoms with Crippen LogP contribution in [0.15, 0.2) is 54.6 Å². The Balaban J connectivity index is 1.74. The first-order valence-electron chi connectivity index (χ1n) is 8.56. The fourth-order valence-corrected chi connectivity index (χ4v) is 3.92. The first-order valence-corrected chi connectivity index (χ1v) is 8.56. The summed E-state index contributed by atoms with van der Waals surface area (Å²) in [5, 5.41) is 0. The molecule has 1 aromatic carbocycles. The molecule has 0 spiro atoms. The molecular weight excluding hydrogens is 252 g/mol. The molecule has 4 atom stereocenters. The topological polar surface area (TPSA) is 0 Å². The summed E-state index contributed by atoms with van der Waals surface area (Å²) in [7, 11) is 0. The fraction of sp³-hybridized carbons (Fsp3) is 0.476. The van der Waals surface area contributed by atoms with Crippen molar-refractivity contribution in [3.05, 3.63) is 66.6 Å². The van der Waals surface area contributed by atoms with E-state index in [-0.39, 0.29) is 0 Å². The molecule has 110 valence electrons. The minimum absolute atomic E-state index is 0.509. The third-order valence-corrected chi connectivity index (χ3v) is 5.02. The van der Waals surface area contributed by atoms with Crippen LogP contribution in [0.1, 0.15) is 50.5 Å². The van der Waals surface area contributed by atoms with E-state index in [2.05, 4.69) is 68.0 Å². The molecule has 2 aliphatic carbocycles. The lowest BCUT2D eigenvalue weighted by Gasteiger charge is -2.25. The van der Waals surface area contributed by atoms with Crippen LogP contribution in [0.2, 0.25) is 0 Å². The molecule has 0 aliphatic heterocycles. The molecule has 2 radical (unpaired) electrons. The Morgan fingerprint density at radius 1 is 0.952 bits per heavy atom. The van der Waals surface area contributed by atoms with Crippen molar-refractivity contribution in [2.45, 2.75) is 44.9 Å². The van der Waals surface area contributed by atoms with Gasteiger partial charge in [-0.2, -0.15) is 0 Å². The van der Waals surface area contributed by atoms with Crippen LogP contribution in [0.4, 0.5) is 0 Å². The van der Waals surface area contributed by atoms with Crippen LogP contribution in [0.5, 0.6) is 0 Å². The van der Waals surface area contributed by atoms with Gasteiger partial charge in [-0.1, -0.05) is 87.2 Å². The van der Waals surface area contributed by atoms with Crippen LogP contribution in [-0.2, 0) is 0 Å². The van der Waals surface area contributed by atoms with E-state index in [0.29, 0.717) is 17.8 Å². The molecule has 3 rings (SSSR count). The summed E-state index contributed by atoms with van der Waals surface area (Å²) in [6.07, 6.45) is 19.8. The third-order valence-electron chi connectivity index (χ3n) is 5.02. The molecule has 4 unspecified atom stereocenters. The number of fused-ring (bicyclic) bond motifs is 1. The number of hydrogen-bond donors (Lipinski definition) is 0. The van der Waals surface area contributed by atoms with Gasteiger partial charge in [0.05, 0.1) is 0 Å². The van der Waals surface area contributed by atoms with E-state index >= 15 is 0 Å². The van der Waals surface area contributed by atoms with Gasteiger partial charge in [0.15, 0.2) is 0 Å². The van der Waals surface area contributed by atoms with Gasteiger partial charge in [0.1, 0.15) is 0 Å². The molecule has 21 heavy (non-hydrogen) atoms. The van der Waals surface area contributed by atoms with Gasteiger partial charge in [-0.25, -0.2) is 0 Å². The molecule has 1 fully saturated rings. The summed E-state index contributed by atoms with van der Waals surface area (Å²) in [4.78, 5) is 0. The summed E-state index contributed by atoms with van der Waals surface area (Å²) < 4.78 is 0. The van der Waals surface area contributed by atoms with Gasteiger partial charge in [0, 0.05) is 0 Å². The molecule has 0 bridgehead atoms. The normalized spacial score (nSPS) is 30.5. The molecule has 0 heteroatoms. The highest BCUT2D eigenvalue weighted by atomic mass is 14.4. The van der Waals surface area contributed by atoms with E-state index in [1.54, 1.807) is 0 Å². The Kier molecular flexibility index (Phi) is 4.95. The fourth-order valence-electron chi connectivity index (χ4n) is 3.92. The Hall–Kier alpha value is -1.30. The van der Waals surface area contributed by atoms with Crippen molar-refractivity contribution < 1.29 is 0 Å². The van der Waals surface area contributed by atoms with Crippen LogP contribution in [0, 0.1) is 24.2 Å². The highest BCUT2D eigenvalue weighted by Crippen LogP contribution is 2.50. The molecule has 0 nitrogen and oxygen atoms in total. The van der Waals surface area contributed by atoms with Crippen LogP contribution >= 0.6 is 0 Å². The van der Waals surface area contributed by atoms with Gasteiger partial charge < -0.3 is 0 Å². The zero-order chi connectivity index (χ0) is 14.5. The molecule has 0 N–H and O–H groups in total. The zero-order valence-corrected chi connectivity index (χ0v) is 13.0. The minimum Gasteiger partial charge on any atom is -0.0805 e. The summed E-state index contributed by atoms with van der Waals surface area (Å²) >= 11 is 0. The van der Waals surface area contributed by atoms with E-state index in [9.17, 15) is 0 Å². The largest absolute Gasteiger partial charge is 0.0805 e. The molecular formula is C21H26. The van der Waals surface area contributed by atoms with Crippen LogP contribution in [0.3, 0.4) is 0 Å². The molecule has 1 saturated carbocycles. The van der Waals surface area contributed by atoms with Crippen LogP contribution < -0.4 is 0 Å². The molecule has 0 saturated heterocycles. The zero-order valence-electron chi connectivity index (χ0n) is 13.0. The second-order valence-electron chi connectivity index (χ2n) is 6.44. The van der Waals surface area contributed by atoms with Gasteiger partial charge in [-0.05, 0) is 42.1 Å². The van der Waals surface area contributed by atoms with Crippen molar-refractivity contribution in [2.75, 3.05) is 0 Å². The number of benzene rings is 1. The van der Waals surface area contributed by atoms with Crippen molar-refractivity contribution in [3.8, 4) is 0 Å². The van der Waals surface area contributed by atoms with Crippen molar-refractivity contribution in [1.29, 1.82) is 0 Å². The van der Waals surface area contributed by atoms with E-state index in [1.807, 2.05) is 0 Å². The predicted molar refractivity (Wildman–Crippen MR) is 89.9 cm³/mol. The SMILES string of the molecule is CCCCCCC1C(c2ccccc2)[C]C2C=CC=CC21. The lowest BCUT2D eigenvalue weighted by molar-refractivity contribution is 0.355. The molecule has 2 aliphatic rings. The number of allylic oxidation sites excluding steroid dienone is 4. The van der Waals surface area contributed by atoms with Gasteiger partial charge in [-0.15, -0.1) is 0 Å². The monoisotopic (exact) mass is 278 g/mol. The van der Waals surface area contributed by atoms with Gasteiger partial charge in [0.2, 0.25) is 0 Å². The van der Waals surface area contributed by atoms with Gasteiger partial charge >= 0.3 is 0 Å². The second-order valence-corrected chi connectivity index (χ2v) is 6.44. The van der Waals surface area contributed by atoms with E-state index in [0.717, 1.165) is 5.92 Å². The molecule has 0 amide bonds. The average molecular weight is 278 g/mol. The number of unbranched alkanes of at least 4 members (excludes halogenated alkanes) is 3. The van der Waals surface area contributed by atoms with E-state index in [1.165, 1.54) is 37.7 Å². The lowest BCUT2D eigenvalue weighted by atomic mass is 9.79. The summed E-state index contributed by atoms with van der Waals surface area (Å²) in [5.41, 5.74) is 1.45. The van der Waals surface area contributed by atoms with Crippen molar-refractivity contribution >= 4 is 0 Å². The molecule has 0 heterocycles. The van der Waals surface area contributed by atoms with Crippen molar-refractivity contribution in [3.63, 3.8) is 0 Å². The Morgan fingerprint density at radius 2 is 1.76 bits per heavy atom. The lowest BCUT2D eigenvalue weighted by Crippen LogP contribution is -2.15. The first kappa shape index (κ1) is 14.6. The van der Waals surface area contributed by atoms with Crippen LogP contribution in [-0.4, -0.2) is 0 Å². The summed E-state index contributed by atoms with van der Waals surface area (Å²) in [6.45, 7) is 2.29. The third kappa shape index (κ3) is 3.31.